The van der Waals surface area contributed by atoms with Gasteiger partial charge in [0.05, 0.1) is 11.3 Å². The fourth-order valence-corrected chi connectivity index (χ4v) is 2.38. The third-order valence-electron chi connectivity index (χ3n) is 2.35. The topological polar surface area (TPSA) is 139 Å². The highest BCUT2D eigenvalue weighted by atomic mass is 79.9. The van der Waals surface area contributed by atoms with E-state index in [0.29, 0.717) is 10.2 Å². The van der Waals surface area contributed by atoms with Gasteiger partial charge in [-0.25, -0.2) is 23.1 Å². The molecule has 0 aliphatic carbocycles. The maximum absolute atomic E-state index is 11.5. The van der Waals surface area contributed by atoms with Crippen LogP contribution in [0, 0.1) is 0 Å². The Morgan fingerprint density at radius 2 is 2.00 bits per heavy atom. The maximum atomic E-state index is 11.5. The quantitative estimate of drug-likeness (QED) is 0.544. The molecule has 5 N–H and O–H groups in total. The summed E-state index contributed by atoms with van der Waals surface area (Å²) in [6, 6.07) is 3.76. The lowest BCUT2D eigenvalue weighted by Gasteiger charge is -2.08. The number of anilines is 1. The van der Waals surface area contributed by atoms with Gasteiger partial charge in [-0.2, -0.15) is 0 Å². The summed E-state index contributed by atoms with van der Waals surface area (Å²) in [6.07, 6.45) is 0.187. The minimum Gasteiger partial charge on any atom is -0.478 e. The van der Waals surface area contributed by atoms with Gasteiger partial charge >= 0.3 is 12.0 Å². The zero-order valence-corrected chi connectivity index (χ0v) is 13.2. The number of benzene rings is 1. The smallest absolute Gasteiger partial charge is 0.336 e. The second kappa shape index (κ2) is 7.38. The van der Waals surface area contributed by atoms with Crippen LogP contribution in [0.5, 0.6) is 0 Å². The predicted molar refractivity (Wildman–Crippen MR) is 80.7 cm³/mol. The lowest BCUT2D eigenvalue weighted by atomic mass is 10.2. The molecule has 0 aliphatic rings. The Balaban J connectivity index is 2.52. The summed E-state index contributed by atoms with van der Waals surface area (Å²) in [4.78, 5) is 22.5. The minimum absolute atomic E-state index is 0.0158. The monoisotopic (exact) mass is 379 g/mol. The Morgan fingerprint density at radius 1 is 1.33 bits per heavy atom. The first-order valence-corrected chi connectivity index (χ1v) is 8.28. The van der Waals surface area contributed by atoms with Crippen LogP contribution in [-0.2, 0) is 10.0 Å². The number of carbonyl (C=O) groups is 2. The molecule has 2 amide bonds. The number of amides is 2. The van der Waals surface area contributed by atoms with Gasteiger partial charge in [-0.05, 0) is 40.5 Å². The summed E-state index contributed by atoms with van der Waals surface area (Å²) >= 11 is 3.09. The highest BCUT2D eigenvalue weighted by Gasteiger charge is 2.10. The third kappa shape index (κ3) is 6.56. The van der Waals surface area contributed by atoms with Crippen LogP contribution in [0.2, 0.25) is 0 Å². The van der Waals surface area contributed by atoms with Crippen molar-refractivity contribution in [2.75, 3.05) is 17.6 Å². The second-order valence-corrected chi connectivity index (χ2v) is 6.69. The van der Waals surface area contributed by atoms with E-state index in [1.165, 1.54) is 18.2 Å². The van der Waals surface area contributed by atoms with Crippen molar-refractivity contribution in [1.29, 1.82) is 0 Å². The van der Waals surface area contributed by atoms with Crippen LogP contribution >= 0.6 is 15.9 Å². The molecule has 0 aromatic heterocycles. The zero-order valence-electron chi connectivity index (χ0n) is 10.8. The minimum atomic E-state index is -3.54. The number of carboxylic acids is 1. The predicted octanol–water partition coefficient (Wildman–Crippen LogP) is 0.947. The number of nitrogens with one attached hydrogen (secondary N) is 2. The number of rotatable bonds is 6. The fraction of sp³-hybridized carbons (Fsp3) is 0.273. The Morgan fingerprint density at radius 3 is 2.57 bits per heavy atom. The average Bonchev–Trinajstić information content (AvgIpc) is 2.35. The average molecular weight is 380 g/mol. The van der Waals surface area contributed by atoms with E-state index in [-0.39, 0.29) is 24.3 Å². The highest BCUT2D eigenvalue weighted by molar-refractivity contribution is 9.10. The van der Waals surface area contributed by atoms with Crippen molar-refractivity contribution in [3.63, 3.8) is 0 Å². The van der Waals surface area contributed by atoms with Crippen molar-refractivity contribution in [2.45, 2.75) is 6.42 Å². The van der Waals surface area contributed by atoms with E-state index < -0.39 is 22.0 Å². The molecule has 21 heavy (non-hydrogen) atoms. The SMILES string of the molecule is NS(=O)(=O)CCCNC(=O)Nc1ccc(Br)c(C(=O)O)c1. The zero-order chi connectivity index (χ0) is 16.0. The van der Waals surface area contributed by atoms with Crippen LogP contribution in [0.1, 0.15) is 16.8 Å². The van der Waals surface area contributed by atoms with Gasteiger partial charge in [0.15, 0.2) is 0 Å². The number of primary sulfonamides is 1. The van der Waals surface area contributed by atoms with E-state index in [1.807, 2.05) is 0 Å². The number of hydrogen-bond donors (Lipinski definition) is 4. The molecule has 0 aliphatic heterocycles. The summed E-state index contributed by atoms with van der Waals surface area (Å²) in [5, 5.41) is 18.7. The molecule has 0 unspecified atom stereocenters. The number of nitrogens with two attached hydrogens (primary N) is 1. The number of urea groups is 1. The Kier molecular flexibility index (Phi) is 6.12. The summed E-state index contributed by atoms with van der Waals surface area (Å²) in [7, 11) is -3.54. The van der Waals surface area contributed by atoms with Gasteiger partial charge in [0.25, 0.3) is 0 Å². The second-order valence-electron chi connectivity index (χ2n) is 4.10. The Labute approximate surface area is 129 Å². The molecule has 0 bridgehead atoms. The van der Waals surface area contributed by atoms with Crippen LogP contribution < -0.4 is 15.8 Å². The molecule has 0 fully saturated rings. The summed E-state index contributed by atoms with van der Waals surface area (Å²) in [6.45, 7) is 0.130. The van der Waals surface area contributed by atoms with E-state index >= 15 is 0 Å². The molecule has 0 atom stereocenters. The van der Waals surface area contributed by atoms with Gasteiger partial charge in [0, 0.05) is 16.7 Å². The number of sulfonamides is 1. The first kappa shape index (κ1) is 17.4. The first-order valence-electron chi connectivity index (χ1n) is 5.77. The Bertz CT molecular complexity index is 647. The maximum Gasteiger partial charge on any atom is 0.336 e. The normalized spacial score (nSPS) is 11.0. The molecule has 8 nitrogen and oxygen atoms in total. The van der Waals surface area contributed by atoms with E-state index in [2.05, 4.69) is 26.6 Å². The standard InChI is InChI=1S/C11H14BrN3O5S/c12-9-3-2-7(6-8(9)10(16)17)15-11(18)14-4-1-5-21(13,19)20/h2-3,6H,1,4-5H2,(H,16,17)(H2,13,19,20)(H2,14,15,18). The molecule has 1 aromatic rings. The van der Waals surface area contributed by atoms with Crippen molar-refractivity contribution in [3.8, 4) is 0 Å². The van der Waals surface area contributed by atoms with Crippen molar-refractivity contribution in [2.24, 2.45) is 5.14 Å². The van der Waals surface area contributed by atoms with Gasteiger partial charge in [0.1, 0.15) is 0 Å². The number of aromatic carboxylic acids is 1. The molecule has 0 heterocycles. The van der Waals surface area contributed by atoms with Gasteiger partial charge in [-0.1, -0.05) is 0 Å². The van der Waals surface area contributed by atoms with Gasteiger partial charge < -0.3 is 15.7 Å². The van der Waals surface area contributed by atoms with Crippen molar-refractivity contribution < 1.29 is 23.1 Å². The lowest BCUT2D eigenvalue weighted by Crippen LogP contribution is -2.31. The summed E-state index contributed by atoms with van der Waals surface area (Å²) in [5.41, 5.74) is 0.321. The number of carbonyl (C=O) groups excluding carboxylic acids is 1. The van der Waals surface area contributed by atoms with E-state index in [1.54, 1.807) is 0 Å². The van der Waals surface area contributed by atoms with Crippen LogP contribution in [0.3, 0.4) is 0 Å². The van der Waals surface area contributed by atoms with Crippen molar-refractivity contribution in [1.82, 2.24) is 5.32 Å². The molecular formula is C11H14BrN3O5S. The Hall–Kier alpha value is -1.65. The molecule has 10 heteroatoms. The first-order chi connectivity index (χ1) is 9.69. The van der Waals surface area contributed by atoms with Crippen molar-refractivity contribution in [3.05, 3.63) is 28.2 Å². The number of carboxylic acid groups (broad SMARTS) is 1. The van der Waals surface area contributed by atoms with E-state index in [4.69, 9.17) is 10.2 Å². The molecule has 0 spiro atoms. The number of hydrogen-bond acceptors (Lipinski definition) is 4. The molecule has 0 saturated carbocycles. The molecule has 0 radical (unpaired) electrons. The highest BCUT2D eigenvalue weighted by Crippen LogP contribution is 2.21. The molecule has 1 aromatic carbocycles. The van der Waals surface area contributed by atoms with Crippen LogP contribution in [0.25, 0.3) is 0 Å². The van der Waals surface area contributed by atoms with E-state index in [9.17, 15) is 18.0 Å². The lowest BCUT2D eigenvalue weighted by molar-refractivity contribution is 0.0696. The van der Waals surface area contributed by atoms with Crippen LogP contribution in [-0.4, -0.2) is 37.8 Å². The molecule has 0 saturated heterocycles. The van der Waals surface area contributed by atoms with Crippen LogP contribution in [0.15, 0.2) is 22.7 Å². The molecular weight excluding hydrogens is 366 g/mol. The fourth-order valence-electron chi connectivity index (χ4n) is 1.42. The largest absolute Gasteiger partial charge is 0.478 e. The van der Waals surface area contributed by atoms with E-state index in [0.717, 1.165) is 0 Å². The third-order valence-corrected chi connectivity index (χ3v) is 3.90. The summed E-state index contributed by atoms with van der Waals surface area (Å²) < 4.78 is 21.8. The molecule has 1 rings (SSSR count). The van der Waals surface area contributed by atoms with Gasteiger partial charge in [0.2, 0.25) is 10.0 Å². The van der Waals surface area contributed by atoms with Crippen molar-refractivity contribution >= 4 is 43.6 Å². The van der Waals surface area contributed by atoms with Gasteiger partial charge in [-0.3, -0.25) is 0 Å². The molecule has 116 valence electrons. The van der Waals surface area contributed by atoms with Crippen LogP contribution in [0.4, 0.5) is 10.5 Å². The number of halogens is 1. The summed E-state index contributed by atoms with van der Waals surface area (Å²) in [5.74, 6) is -1.35. The van der Waals surface area contributed by atoms with Gasteiger partial charge in [-0.15, -0.1) is 0 Å².